The lowest BCUT2D eigenvalue weighted by Gasteiger charge is -2.11. The molecule has 0 radical (unpaired) electrons. The topological polar surface area (TPSA) is 9.23 Å². The highest BCUT2D eigenvalue weighted by atomic mass is 79.9. The number of rotatable bonds is 4. The maximum Gasteiger partial charge on any atom is 0.123 e. The van der Waals surface area contributed by atoms with Crippen LogP contribution in [0.3, 0.4) is 0 Å². The third-order valence-electron chi connectivity index (χ3n) is 2.51. The Balaban J connectivity index is 2.11. The predicted molar refractivity (Wildman–Crippen MR) is 79.9 cm³/mol. The van der Waals surface area contributed by atoms with E-state index in [0.29, 0.717) is 16.7 Å². The molecule has 0 fully saturated rings. The van der Waals surface area contributed by atoms with Crippen molar-refractivity contribution in [1.82, 2.24) is 0 Å². The van der Waals surface area contributed by atoms with Gasteiger partial charge in [-0.05, 0) is 18.2 Å². The van der Waals surface area contributed by atoms with Crippen molar-refractivity contribution >= 4 is 39.1 Å². The van der Waals surface area contributed by atoms with Crippen molar-refractivity contribution in [3.05, 3.63) is 63.6 Å². The Morgan fingerprint density at radius 2 is 1.78 bits per heavy atom. The Morgan fingerprint density at radius 1 is 1.00 bits per heavy atom. The fraction of sp³-hybridized carbons (Fsp3) is 0.143. The second kappa shape index (κ2) is 6.46. The fourth-order valence-electron chi connectivity index (χ4n) is 1.55. The summed E-state index contributed by atoms with van der Waals surface area (Å²) in [5.74, 6) is 0.861. The van der Waals surface area contributed by atoms with E-state index < -0.39 is 0 Å². The number of hydrogen-bond donors (Lipinski definition) is 0. The molecule has 0 aliphatic carbocycles. The van der Waals surface area contributed by atoms with Gasteiger partial charge in [-0.3, -0.25) is 0 Å². The Hall–Kier alpha value is -0.700. The van der Waals surface area contributed by atoms with Gasteiger partial charge in [-0.2, -0.15) is 0 Å². The van der Waals surface area contributed by atoms with E-state index in [9.17, 15) is 0 Å². The molecule has 2 rings (SSSR count). The van der Waals surface area contributed by atoms with Gasteiger partial charge in [0.2, 0.25) is 0 Å². The molecule has 1 nitrogen and oxygen atoms in total. The number of halogens is 3. The molecule has 4 heteroatoms. The van der Waals surface area contributed by atoms with E-state index in [4.69, 9.17) is 27.9 Å². The van der Waals surface area contributed by atoms with Gasteiger partial charge in [-0.1, -0.05) is 63.4 Å². The lowest BCUT2D eigenvalue weighted by atomic mass is 10.2. The highest BCUT2D eigenvalue weighted by molar-refractivity contribution is 9.08. The van der Waals surface area contributed by atoms with Gasteiger partial charge in [0.15, 0.2) is 0 Å². The van der Waals surface area contributed by atoms with Crippen molar-refractivity contribution in [3.63, 3.8) is 0 Å². The van der Waals surface area contributed by atoms with Gasteiger partial charge in [0, 0.05) is 26.5 Å². The van der Waals surface area contributed by atoms with Crippen molar-refractivity contribution < 1.29 is 4.74 Å². The standard InChI is InChI=1S/C14H11BrCl2O/c15-8-10-3-1-2-4-14(10)18-9-11-5-6-12(16)7-13(11)17/h1-7H,8-9H2. The summed E-state index contributed by atoms with van der Waals surface area (Å²) >= 11 is 15.4. The largest absolute Gasteiger partial charge is 0.489 e. The summed E-state index contributed by atoms with van der Waals surface area (Å²) in [6, 6.07) is 13.3. The third kappa shape index (κ3) is 3.41. The van der Waals surface area contributed by atoms with E-state index in [1.807, 2.05) is 36.4 Å². The molecule has 0 N–H and O–H groups in total. The molecule has 18 heavy (non-hydrogen) atoms. The van der Waals surface area contributed by atoms with Crippen LogP contribution in [0.5, 0.6) is 5.75 Å². The monoisotopic (exact) mass is 344 g/mol. The molecule has 0 bridgehead atoms. The van der Waals surface area contributed by atoms with Crippen LogP contribution in [0, 0.1) is 0 Å². The molecule has 0 atom stereocenters. The summed E-state index contributed by atoms with van der Waals surface area (Å²) in [5.41, 5.74) is 2.04. The molecule has 0 amide bonds. The van der Waals surface area contributed by atoms with Crippen LogP contribution in [0.15, 0.2) is 42.5 Å². The minimum absolute atomic E-state index is 0.431. The third-order valence-corrected chi connectivity index (χ3v) is 3.71. The summed E-state index contributed by atoms with van der Waals surface area (Å²) in [4.78, 5) is 0. The lowest BCUT2D eigenvalue weighted by molar-refractivity contribution is 0.304. The SMILES string of the molecule is Clc1ccc(COc2ccccc2CBr)c(Cl)c1. The molecule has 0 saturated heterocycles. The summed E-state index contributed by atoms with van der Waals surface area (Å²) in [7, 11) is 0. The average Bonchev–Trinajstić information content (AvgIpc) is 2.38. The van der Waals surface area contributed by atoms with Crippen molar-refractivity contribution in [2.45, 2.75) is 11.9 Å². The van der Waals surface area contributed by atoms with E-state index in [2.05, 4.69) is 15.9 Å². The van der Waals surface area contributed by atoms with Gasteiger partial charge in [-0.15, -0.1) is 0 Å². The zero-order chi connectivity index (χ0) is 13.0. The summed E-state index contributed by atoms with van der Waals surface area (Å²) in [6.45, 7) is 0.431. The van der Waals surface area contributed by atoms with Crippen molar-refractivity contribution in [2.24, 2.45) is 0 Å². The van der Waals surface area contributed by atoms with E-state index in [-0.39, 0.29) is 0 Å². The van der Waals surface area contributed by atoms with Crippen LogP contribution in [-0.2, 0) is 11.9 Å². The maximum atomic E-state index is 6.10. The molecule has 94 valence electrons. The van der Waals surface area contributed by atoms with Crippen LogP contribution in [0.4, 0.5) is 0 Å². The Labute approximate surface area is 125 Å². The maximum absolute atomic E-state index is 6.10. The lowest BCUT2D eigenvalue weighted by Crippen LogP contribution is -1.98. The van der Waals surface area contributed by atoms with Crippen LogP contribution in [0.25, 0.3) is 0 Å². The first kappa shape index (κ1) is 13.7. The molecule has 2 aromatic carbocycles. The molecular formula is C14H11BrCl2O. The number of alkyl halides is 1. The zero-order valence-corrected chi connectivity index (χ0v) is 12.6. The molecule has 0 aliphatic heterocycles. The normalized spacial score (nSPS) is 10.4. The van der Waals surface area contributed by atoms with Gasteiger partial charge < -0.3 is 4.74 Å². The first-order valence-corrected chi connectivity index (χ1v) is 7.29. The van der Waals surface area contributed by atoms with Crippen LogP contribution in [0.1, 0.15) is 11.1 Å². The van der Waals surface area contributed by atoms with E-state index in [1.165, 1.54) is 0 Å². The van der Waals surface area contributed by atoms with Gasteiger partial charge in [-0.25, -0.2) is 0 Å². The molecule has 0 aliphatic rings. The first-order valence-electron chi connectivity index (χ1n) is 5.41. The minimum atomic E-state index is 0.431. The van der Waals surface area contributed by atoms with Crippen LogP contribution < -0.4 is 4.74 Å². The quantitative estimate of drug-likeness (QED) is 0.668. The van der Waals surface area contributed by atoms with E-state index in [0.717, 1.165) is 22.2 Å². The second-order valence-electron chi connectivity index (χ2n) is 3.77. The molecular weight excluding hydrogens is 335 g/mol. The van der Waals surface area contributed by atoms with Crippen molar-refractivity contribution in [2.75, 3.05) is 0 Å². The second-order valence-corrected chi connectivity index (χ2v) is 5.17. The Kier molecular flexibility index (Phi) is 4.93. The van der Waals surface area contributed by atoms with Crippen LogP contribution in [0.2, 0.25) is 10.0 Å². The van der Waals surface area contributed by atoms with Gasteiger partial charge in [0.05, 0.1) is 0 Å². The van der Waals surface area contributed by atoms with Crippen molar-refractivity contribution in [1.29, 1.82) is 0 Å². The average molecular weight is 346 g/mol. The molecule has 0 spiro atoms. The smallest absolute Gasteiger partial charge is 0.123 e. The molecule has 0 unspecified atom stereocenters. The predicted octanol–water partition coefficient (Wildman–Crippen LogP) is 5.47. The number of hydrogen-bond acceptors (Lipinski definition) is 1. The van der Waals surface area contributed by atoms with E-state index >= 15 is 0 Å². The number of para-hydroxylation sites is 1. The molecule has 0 heterocycles. The summed E-state index contributed by atoms with van der Waals surface area (Å²) < 4.78 is 5.78. The minimum Gasteiger partial charge on any atom is -0.489 e. The first-order chi connectivity index (χ1) is 8.70. The summed E-state index contributed by atoms with van der Waals surface area (Å²) in [6.07, 6.45) is 0. The number of benzene rings is 2. The highest BCUT2D eigenvalue weighted by Gasteiger charge is 2.05. The van der Waals surface area contributed by atoms with E-state index in [1.54, 1.807) is 6.07 Å². The highest BCUT2D eigenvalue weighted by Crippen LogP contribution is 2.25. The summed E-state index contributed by atoms with van der Waals surface area (Å²) in [5, 5.41) is 2.01. The zero-order valence-electron chi connectivity index (χ0n) is 9.50. The molecule has 2 aromatic rings. The van der Waals surface area contributed by atoms with Gasteiger partial charge in [0.1, 0.15) is 12.4 Å². The number of ether oxygens (including phenoxy) is 1. The molecule has 0 aromatic heterocycles. The van der Waals surface area contributed by atoms with Crippen LogP contribution >= 0.6 is 39.1 Å². The Morgan fingerprint density at radius 3 is 2.50 bits per heavy atom. The molecule has 0 saturated carbocycles. The van der Waals surface area contributed by atoms with Gasteiger partial charge >= 0.3 is 0 Å². The van der Waals surface area contributed by atoms with Crippen LogP contribution in [-0.4, -0.2) is 0 Å². The van der Waals surface area contributed by atoms with Gasteiger partial charge in [0.25, 0.3) is 0 Å². The Bertz CT molecular complexity index is 543. The fourth-order valence-corrected chi connectivity index (χ4v) is 2.48. The van der Waals surface area contributed by atoms with Crippen molar-refractivity contribution in [3.8, 4) is 5.75 Å².